The number of morpholine rings is 1. The molecule has 19 heteroatoms. The first-order chi connectivity index (χ1) is 34.0. The van der Waals surface area contributed by atoms with Crippen molar-refractivity contribution in [3.8, 4) is 11.6 Å². The Morgan fingerprint density at radius 1 is 0.986 bits per heavy atom. The minimum Gasteiger partial charge on any atom is -0.489 e. The van der Waals surface area contributed by atoms with Gasteiger partial charge in [0, 0.05) is 73.7 Å². The molecular weight excluding hydrogens is 915 g/mol. The molecule has 2 bridgehead atoms. The Morgan fingerprint density at radius 3 is 2.64 bits per heavy atom. The molecule has 1 amide bonds. The third-order valence-electron chi connectivity index (χ3n) is 16.7. The van der Waals surface area contributed by atoms with E-state index in [2.05, 4.69) is 60.9 Å². The van der Waals surface area contributed by atoms with Gasteiger partial charge in [-0.3, -0.25) is 24.7 Å². The van der Waals surface area contributed by atoms with Crippen molar-refractivity contribution in [3.63, 3.8) is 0 Å². The SMILES string of the molecule is Cc1ccccc1[C@@H]1CCCN1C1CC2(CCN(c3ccc(C(=O)NS(=O)(=O)c4cc5c(c([N+](=O)[O-])c4)N[C@H](CN4C[C@H]6C[C@@H]4CO6)CO5)c(N4c5cc6cc[nH]c6nc5O[C@@H]5COC[C@H]54)c3)CC2)C1. The molecule has 18 nitrogen and oxygen atoms in total. The van der Waals surface area contributed by atoms with Crippen LogP contribution in [0.15, 0.2) is 77.8 Å². The minimum atomic E-state index is -4.69. The number of carbonyl (C=O) groups excluding carboxylic acids is 1. The van der Waals surface area contributed by atoms with Crippen LogP contribution in [0.25, 0.3) is 11.0 Å². The molecule has 2 aromatic heterocycles. The van der Waals surface area contributed by atoms with Gasteiger partial charge in [-0.05, 0) is 105 Å². The van der Waals surface area contributed by atoms with E-state index < -0.39 is 37.5 Å². The van der Waals surface area contributed by atoms with Gasteiger partial charge < -0.3 is 39.0 Å². The Hall–Kier alpha value is -5.99. The molecule has 13 rings (SSSR count). The van der Waals surface area contributed by atoms with Crippen LogP contribution in [0.1, 0.15) is 72.5 Å². The van der Waals surface area contributed by atoms with Gasteiger partial charge in [-0.25, -0.2) is 13.1 Å². The van der Waals surface area contributed by atoms with E-state index in [0.717, 1.165) is 62.6 Å². The summed E-state index contributed by atoms with van der Waals surface area (Å²) in [6, 6.07) is 21.2. The molecule has 1 spiro atoms. The Morgan fingerprint density at radius 2 is 1.84 bits per heavy atom. The maximum Gasteiger partial charge on any atom is 0.297 e. The number of nitrogens with zero attached hydrogens (tertiary/aromatic N) is 6. The lowest BCUT2D eigenvalue weighted by atomic mass is 9.59. The number of nitro benzene ring substituents is 1. The second-order valence-corrected chi connectivity index (χ2v) is 22.5. The molecule has 5 saturated heterocycles. The first kappa shape index (κ1) is 44.0. The van der Waals surface area contributed by atoms with Crippen molar-refractivity contribution >= 4 is 55.4 Å². The summed E-state index contributed by atoms with van der Waals surface area (Å²) >= 11 is 0. The summed E-state index contributed by atoms with van der Waals surface area (Å²) in [6.07, 6.45) is 9.48. The largest absolute Gasteiger partial charge is 0.489 e. The number of H-pyrrole nitrogens is 1. The van der Waals surface area contributed by atoms with Crippen LogP contribution in [-0.2, 0) is 19.5 Å². The third kappa shape index (κ3) is 7.54. The number of piperidine rings is 1. The number of ether oxygens (including phenoxy) is 4. The number of aromatic nitrogens is 2. The normalized spacial score (nSPS) is 27.1. The molecule has 6 atom stereocenters. The van der Waals surface area contributed by atoms with Gasteiger partial charge in [0.2, 0.25) is 5.88 Å². The lowest BCUT2D eigenvalue weighted by molar-refractivity contribution is -0.384. The van der Waals surface area contributed by atoms with Crippen LogP contribution in [0, 0.1) is 22.5 Å². The number of anilines is 4. The maximum atomic E-state index is 14.7. The molecule has 1 saturated carbocycles. The number of hydrogen-bond acceptors (Lipinski definition) is 15. The summed E-state index contributed by atoms with van der Waals surface area (Å²) in [6.45, 7) is 7.89. The Kier molecular flexibility index (Phi) is 10.6. The van der Waals surface area contributed by atoms with Gasteiger partial charge >= 0.3 is 0 Å². The van der Waals surface area contributed by atoms with E-state index >= 15 is 0 Å². The van der Waals surface area contributed by atoms with Crippen molar-refractivity contribution in [1.82, 2.24) is 24.5 Å². The first-order valence-electron chi connectivity index (χ1n) is 24.8. The topological polar surface area (TPSA) is 197 Å². The van der Waals surface area contributed by atoms with Crippen LogP contribution in [0.2, 0.25) is 0 Å². The molecule has 70 heavy (non-hydrogen) atoms. The highest BCUT2D eigenvalue weighted by atomic mass is 32.2. The number of benzene rings is 3. The van der Waals surface area contributed by atoms with Crippen LogP contribution < -0.4 is 29.3 Å². The van der Waals surface area contributed by atoms with Crippen LogP contribution in [0.3, 0.4) is 0 Å². The molecule has 9 heterocycles. The molecule has 3 N–H and O–H groups in total. The Labute approximate surface area is 405 Å². The van der Waals surface area contributed by atoms with Crippen LogP contribution >= 0.6 is 0 Å². The van der Waals surface area contributed by atoms with Crippen molar-refractivity contribution in [3.05, 3.63) is 99.7 Å². The molecule has 5 aromatic rings. The number of hydrogen-bond donors (Lipinski definition) is 3. The standard InChI is InChI=1S/C51H57N9O9S/c1-30-5-2-3-6-38(30)40-7-4-14-58(40)35-22-51(23-35)11-15-56(16-12-51)33-8-9-39(41(19-33)59-43-17-31-10-13-52-48(31)54-50(43)69-46-29-66-28-44(46)59)49(61)55-70(64,65)37-20-42(60(62)63)47-45(21-37)68-26-32(53-47)24-57-25-36-18-34(57)27-67-36/h2-3,5-6,8-10,13,17,19-21,32,34-36,40,44,46,53H,4,7,11-12,14-16,18,22-29H2,1H3,(H,52,54)(H,55,61)/t32-,34-,36-,40+,44-,46-/m1/s1. The van der Waals surface area contributed by atoms with Gasteiger partial charge in [-0.15, -0.1) is 0 Å². The predicted octanol–water partition coefficient (Wildman–Crippen LogP) is 6.43. The summed E-state index contributed by atoms with van der Waals surface area (Å²) in [7, 11) is -4.69. The van der Waals surface area contributed by atoms with E-state index in [0.29, 0.717) is 72.8 Å². The maximum absolute atomic E-state index is 14.7. The summed E-state index contributed by atoms with van der Waals surface area (Å²) in [5.74, 6) is -0.501. The zero-order valence-electron chi connectivity index (χ0n) is 39.0. The van der Waals surface area contributed by atoms with Crippen LogP contribution in [-0.4, -0.2) is 135 Å². The zero-order chi connectivity index (χ0) is 47.5. The lowest BCUT2D eigenvalue weighted by Gasteiger charge is -2.56. The van der Waals surface area contributed by atoms with E-state index in [4.69, 9.17) is 23.9 Å². The number of amides is 1. The average Bonchev–Trinajstić information content (AvgIpc) is 4.22. The highest BCUT2D eigenvalue weighted by molar-refractivity contribution is 7.90. The van der Waals surface area contributed by atoms with Gasteiger partial charge in [0.1, 0.15) is 24.0 Å². The third-order valence-corrected chi connectivity index (χ3v) is 18.0. The fourth-order valence-corrected chi connectivity index (χ4v) is 14.1. The van der Waals surface area contributed by atoms with Gasteiger partial charge in [-0.2, -0.15) is 4.98 Å². The number of fused-ring (bicyclic) bond motifs is 6. The van der Waals surface area contributed by atoms with Gasteiger partial charge in [-0.1, -0.05) is 24.3 Å². The lowest BCUT2D eigenvalue weighted by Crippen LogP contribution is -2.55. The molecule has 0 unspecified atom stereocenters. The smallest absolute Gasteiger partial charge is 0.297 e. The quantitative estimate of drug-likeness (QED) is 0.102. The number of sulfonamides is 1. The fourth-order valence-electron chi connectivity index (χ4n) is 13.1. The molecule has 6 fully saturated rings. The summed E-state index contributed by atoms with van der Waals surface area (Å²) in [5.41, 5.74) is 5.52. The highest BCUT2D eigenvalue weighted by Gasteiger charge is 2.50. The van der Waals surface area contributed by atoms with Crippen molar-refractivity contribution in [2.24, 2.45) is 5.41 Å². The second-order valence-electron chi connectivity index (χ2n) is 20.8. The molecule has 0 radical (unpaired) electrons. The van der Waals surface area contributed by atoms with Crippen LogP contribution in [0.5, 0.6) is 11.6 Å². The number of nitrogens with one attached hydrogen (secondary N) is 3. The molecular formula is C51H57N9O9S. The summed E-state index contributed by atoms with van der Waals surface area (Å²) < 4.78 is 55.1. The number of nitro groups is 1. The Balaban J connectivity index is 0.784. The number of aromatic amines is 1. The van der Waals surface area contributed by atoms with Crippen molar-refractivity contribution in [2.45, 2.75) is 99.2 Å². The second kappa shape index (κ2) is 16.8. The Bertz CT molecular complexity index is 3020. The van der Waals surface area contributed by atoms with Gasteiger partial charge in [0.25, 0.3) is 21.6 Å². The number of pyridine rings is 1. The summed E-state index contributed by atoms with van der Waals surface area (Å²) in [5, 5.41) is 16.6. The predicted molar refractivity (Wildman–Crippen MR) is 261 cm³/mol. The molecule has 366 valence electrons. The van der Waals surface area contributed by atoms with Gasteiger partial charge in [0.15, 0.2) is 11.4 Å². The van der Waals surface area contributed by atoms with Crippen molar-refractivity contribution < 1.29 is 37.1 Å². The number of carbonyl (C=O) groups is 1. The minimum absolute atomic E-state index is 0.0265. The average molecular weight is 972 g/mol. The highest BCUT2D eigenvalue weighted by Crippen LogP contribution is 2.55. The molecule has 8 aliphatic rings. The van der Waals surface area contributed by atoms with E-state index in [9.17, 15) is 23.3 Å². The fraction of sp³-hybridized carbons (Fsp3) is 0.490. The van der Waals surface area contributed by atoms with E-state index in [1.54, 1.807) is 12.3 Å². The molecule has 1 aliphatic carbocycles. The number of aryl methyl sites for hydroxylation is 1. The van der Waals surface area contributed by atoms with Crippen molar-refractivity contribution in [1.29, 1.82) is 0 Å². The number of likely N-dealkylation sites (tertiary alicyclic amines) is 2. The van der Waals surface area contributed by atoms with E-state index in [1.807, 2.05) is 29.2 Å². The number of rotatable bonds is 10. The first-order valence-corrected chi connectivity index (χ1v) is 26.3. The zero-order valence-corrected chi connectivity index (χ0v) is 39.9. The molecule has 7 aliphatic heterocycles. The molecule has 3 aromatic carbocycles. The summed E-state index contributed by atoms with van der Waals surface area (Å²) in [4.78, 5) is 43.6. The van der Waals surface area contributed by atoms with E-state index in [1.165, 1.54) is 42.9 Å². The monoisotopic (exact) mass is 971 g/mol. The van der Waals surface area contributed by atoms with E-state index in [-0.39, 0.29) is 41.8 Å². The van der Waals surface area contributed by atoms with Gasteiger partial charge in [0.05, 0.1) is 59.1 Å². The van der Waals surface area contributed by atoms with Crippen molar-refractivity contribution in [2.75, 3.05) is 74.3 Å². The van der Waals surface area contributed by atoms with Crippen LogP contribution in [0.4, 0.5) is 28.4 Å².